The van der Waals surface area contributed by atoms with Crippen LogP contribution in [0.2, 0.25) is 0 Å². The smallest absolute Gasteiger partial charge is 0.324 e. The normalized spacial score (nSPS) is 9.33. The average Bonchev–Trinajstić information content (AvgIpc) is 2.55. The molecule has 0 aromatic heterocycles. The van der Waals surface area contributed by atoms with Crippen LogP contribution in [0.1, 0.15) is 5.56 Å². The van der Waals surface area contributed by atoms with Gasteiger partial charge in [-0.1, -0.05) is 43.0 Å². The molecular formula is C14H11N3O7. The maximum absolute atomic E-state index is 10.4. The van der Waals surface area contributed by atoms with E-state index in [9.17, 15) is 30.3 Å². The molecule has 0 bridgehead atoms. The number of phenolic OH excluding ortho intramolecular Hbond substituents is 1. The Balaban J connectivity index is 0.000000300. The zero-order valence-corrected chi connectivity index (χ0v) is 12.1. The van der Waals surface area contributed by atoms with E-state index in [0.717, 1.165) is 0 Å². The molecule has 124 valence electrons. The van der Waals surface area contributed by atoms with Crippen molar-refractivity contribution in [2.75, 3.05) is 0 Å². The van der Waals surface area contributed by atoms with E-state index in [1.54, 1.807) is 0 Å². The van der Waals surface area contributed by atoms with E-state index in [-0.39, 0.29) is 0 Å². The lowest BCUT2D eigenvalue weighted by atomic mass is 10.2. The minimum atomic E-state index is -1.21. The second kappa shape index (κ2) is 7.98. The van der Waals surface area contributed by atoms with Gasteiger partial charge in [0, 0.05) is 0 Å². The second-order valence-electron chi connectivity index (χ2n) is 4.22. The largest absolute Gasteiger partial charge is 0.497 e. The first kappa shape index (κ1) is 18.2. The van der Waals surface area contributed by atoms with E-state index in [1.807, 2.05) is 36.4 Å². The molecule has 0 saturated carbocycles. The minimum Gasteiger partial charge on any atom is -0.497 e. The molecule has 0 heterocycles. The highest BCUT2D eigenvalue weighted by Gasteiger charge is 2.30. The van der Waals surface area contributed by atoms with Crippen LogP contribution in [0, 0.1) is 30.3 Å². The fraction of sp³-hybridized carbons (Fsp3) is 0. The van der Waals surface area contributed by atoms with Crippen LogP contribution in [0.25, 0.3) is 6.08 Å². The molecule has 0 atom stereocenters. The summed E-state index contributed by atoms with van der Waals surface area (Å²) in [6.45, 7) is 3.63. The molecule has 0 unspecified atom stereocenters. The number of phenols is 1. The molecule has 0 amide bonds. The molecule has 0 aliphatic rings. The zero-order valence-electron chi connectivity index (χ0n) is 12.1. The van der Waals surface area contributed by atoms with Gasteiger partial charge in [0.15, 0.2) is 0 Å². The number of aromatic hydroxyl groups is 1. The van der Waals surface area contributed by atoms with Crippen molar-refractivity contribution in [3.63, 3.8) is 0 Å². The molecule has 1 N–H and O–H groups in total. The Hall–Kier alpha value is -3.82. The van der Waals surface area contributed by atoms with Crippen LogP contribution in [0.3, 0.4) is 0 Å². The number of hydrogen-bond acceptors (Lipinski definition) is 7. The molecule has 0 saturated heterocycles. The second-order valence-corrected chi connectivity index (χ2v) is 4.22. The topological polar surface area (TPSA) is 150 Å². The minimum absolute atomic E-state index is 0.447. The third-order valence-electron chi connectivity index (χ3n) is 2.69. The Kier molecular flexibility index (Phi) is 6.06. The molecule has 10 heteroatoms. The van der Waals surface area contributed by atoms with Gasteiger partial charge in [0.05, 0.1) is 26.9 Å². The monoisotopic (exact) mass is 333 g/mol. The summed E-state index contributed by atoms with van der Waals surface area (Å²) >= 11 is 0. The summed E-state index contributed by atoms with van der Waals surface area (Å²) in [5.41, 5.74) is -1.83. The first-order valence-corrected chi connectivity index (χ1v) is 6.25. The van der Waals surface area contributed by atoms with Crippen LogP contribution in [0.4, 0.5) is 17.1 Å². The van der Waals surface area contributed by atoms with Crippen molar-refractivity contribution in [2.24, 2.45) is 0 Å². The molecular weight excluding hydrogens is 322 g/mol. The Morgan fingerprint density at radius 3 is 1.62 bits per heavy atom. The fourth-order valence-electron chi connectivity index (χ4n) is 1.56. The molecule has 0 spiro atoms. The third kappa shape index (κ3) is 4.59. The van der Waals surface area contributed by atoms with Gasteiger partial charge < -0.3 is 5.11 Å². The van der Waals surface area contributed by atoms with Gasteiger partial charge in [-0.15, -0.1) is 0 Å². The van der Waals surface area contributed by atoms with Crippen LogP contribution in [0.15, 0.2) is 49.0 Å². The van der Waals surface area contributed by atoms with Crippen molar-refractivity contribution < 1.29 is 19.9 Å². The quantitative estimate of drug-likeness (QED) is 0.664. The lowest BCUT2D eigenvalue weighted by Crippen LogP contribution is -1.97. The van der Waals surface area contributed by atoms with E-state index in [1.165, 1.54) is 5.56 Å². The molecule has 0 fully saturated rings. The summed E-state index contributed by atoms with van der Waals surface area (Å²) in [6, 6.07) is 10.9. The molecule has 0 radical (unpaired) electrons. The van der Waals surface area contributed by atoms with Gasteiger partial charge in [-0.3, -0.25) is 30.3 Å². The van der Waals surface area contributed by atoms with Gasteiger partial charge in [0.1, 0.15) is 0 Å². The SMILES string of the molecule is C=Cc1ccccc1.O=[N+]([O-])c1cc([N+](=O)[O-])c(O)c([N+](=O)[O-])c1. The average molecular weight is 333 g/mol. The summed E-state index contributed by atoms with van der Waals surface area (Å²) in [6.07, 6.45) is 1.83. The van der Waals surface area contributed by atoms with Crippen molar-refractivity contribution in [3.05, 3.63) is 84.9 Å². The number of nitrogens with zero attached hydrogens (tertiary/aromatic N) is 3. The van der Waals surface area contributed by atoms with E-state index in [0.29, 0.717) is 12.1 Å². The van der Waals surface area contributed by atoms with E-state index in [4.69, 9.17) is 5.11 Å². The number of benzene rings is 2. The van der Waals surface area contributed by atoms with E-state index < -0.39 is 37.6 Å². The van der Waals surface area contributed by atoms with Gasteiger partial charge in [0.2, 0.25) is 0 Å². The van der Waals surface area contributed by atoms with Crippen LogP contribution in [-0.2, 0) is 0 Å². The predicted molar refractivity (Wildman–Crippen MR) is 84.6 cm³/mol. The predicted octanol–water partition coefficient (Wildman–Crippen LogP) is 3.45. The number of non-ortho nitro benzene ring substituents is 1. The molecule has 0 aliphatic carbocycles. The van der Waals surface area contributed by atoms with Gasteiger partial charge in [-0.05, 0) is 5.56 Å². The van der Waals surface area contributed by atoms with Gasteiger partial charge in [-0.25, -0.2) is 0 Å². The third-order valence-corrected chi connectivity index (χ3v) is 2.69. The Bertz CT molecular complexity index is 755. The van der Waals surface area contributed by atoms with Crippen LogP contribution in [0.5, 0.6) is 5.75 Å². The first-order valence-electron chi connectivity index (χ1n) is 6.25. The molecule has 2 aromatic rings. The number of nitro groups is 3. The molecule has 0 aliphatic heterocycles. The lowest BCUT2D eigenvalue weighted by Gasteiger charge is -1.97. The zero-order chi connectivity index (χ0) is 18.3. The Labute approximate surface area is 134 Å². The van der Waals surface area contributed by atoms with Crippen molar-refractivity contribution in [2.45, 2.75) is 0 Å². The summed E-state index contributed by atoms with van der Waals surface area (Å²) in [5, 5.41) is 40.2. The highest BCUT2D eigenvalue weighted by atomic mass is 16.6. The fourth-order valence-corrected chi connectivity index (χ4v) is 1.56. The van der Waals surface area contributed by atoms with E-state index >= 15 is 0 Å². The van der Waals surface area contributed by atoms with Crippen LogP contribution in [-0.4, -0.2) is 19.9 Å². The summed E-state index contributed by atoms with van der Waals surface area (Å²) < 4.78 is 0. The lowest BCUT2D eigenvalue weighted by molar-refractivity contribution is -0.404. The van der Waals surface area contributed by atoms with Crippen molar-refractivity contribution in [1.82, 2.24) is 0 Å². The number of hydrogen-bond donors (Lipinski definition) is 1. The van der Waals surface area contributed by atoms with Gasteiger partial charge >= 0.3 is 11.4 Å². The molecule has 2 rings (SSSR count). The van der Waals surface area contributed by atoms with Crippen molar-refractivity contribution in [1.29, 1.82) is 0 Å². The number of rotatable bonds is 4. The Morgan fingerprint density at radius 2 is 1.33 bits per heavy atom. The van der Waals surface area contributed by atoms with Crippen molar-refractivity contribution in [3.8, 4) is 5.75 Å². The highest BCUT2D eigenvalue weighted by molar-refractivity contribution is 5.64. The molecule has 24 heavy (non-hydrogen) atoms. The maximum atomic E-state index is 10.4. The van der Waals surface area contributed by atoms with Gasteiger partial charge in [0.25, 0.3) is 11.4 Å². The summed E-state index contributed by atoms with van der Waals surface area (Å²) in [7, 11) is 0. The summed E-state index contributed by atoms with van der Waals surface area (Å²) in [5.74, 6) is -1.21. The van der Waals surface area contributed by atoms with Crippen LogP contribution >= 0.6 is 0 Å². The van der Waals surface area contributed by atoms with Gasteiger partial charge in [-0.2, -0.15) is 0 Å². The van der Waals surface area contributed by atoms with Crippen LogP contribution < -0.4 is 0 Å². The first-order chi connectivity index (χ1) is 11.3. The molecule has 2 aromatic carbocycles. The maximum Gasteiger partial charge on any atom is 0.324 e. The Morgan fingerprint density at radius 1 is 0.875 bits per heavy atom. The van der Waals surface area contributed by atoms with Crippen molar-refractivity contribution >= 4 is 23.1 Å². The van der Waals surface area contributed by atoms with E-state index in [2.05, 4.69) is 6.58 Å². The molecule has 10 nitrogen and oxygen atoms in total. The summed E-state index contributed by atoms with van der Waals surface area (Å²) in [4.78, 5) is 27.8. The standard InChI is InChI=1S/C8H8.C6H3N3O7/c1-2-8-6-4-3-5-7-8;10-6-4(8(13)14)1-3(7(11)12)2-5(6)9(15)16/h2-7H,1H2;1-2,10H. The highest BCUT2D eigenvalue weighted by Crippen LogP contribution is 2.38. The number of nitro benzene ring substituents is 3.